The molecule has 8 nitrogen and oxygen atoms in total. The Morgan fingerprint density at radius 1 is 0.972 bits per heavy atom. The maximum absolute atomic E-state index is 13.3. The smallest absolute Gasteiger partial charge is 0.240 e. The van der Waals surface area contributed by atoms with Crippen LogP contribution in [0, 0.1) is 5.92 Å². The summed E-state index contributed by atoms with van der Waals surface area (Å²) in [5.74, 6) is 0.619. The Bertz CT molecular complexity index is 1470. The number of hydrogen-bond acceptors (Lipinski definition) is 6. The van der Waals surface area contributed by atoms with Gasteiger partial charge in [-0.15, -0.1) is 0 Å². The van der Waals surface area contributed by atoms with Crippen molar-refractivity contribution in [3.8, 4) is 11.5 Å². The van der Waals surface area contributed by atoms with Gasteiger partial charge in [-0.25, -0.2) is 13.1 Å². The van der Waals surface area contributed by atoms with Crippen LogP contribution in [0.25, 0.3) is 0 Å². The highest BCUT2D eigenvalue weighted by atomic mass is 32.2. The largest absolute Gasteiger partial charge is 0.486 e. The fraction of sp³-hybridized carbons (Fsp3) is 0.259. The molecule has 0 aromatic heterocycles. The predicted octanol–water partition coefficient (Wildman–Crippen LogP) is 4.00. The molecule has 3 aromatic carbocycles. The summed E-state index contributed by atoms with van der Waals surface area (Å²) >= 11 is 0. The molecule has 1 atom stereocenters. The molecule has 0 spiro atoms. The van der Waals surface area contributed by atoms with Crippen LogP contribution in [0.4, 0.5) is 11.4 Å². The Morgan fingerprint density at radius 3 is 2.53 bits per heavy atom. The molecular formula is C27H25N3O5S. The van der Waals surface area contributed by atoms with Crippen molar-refractivity contribution in [2.24, 2.45) is 10.9 Å². The maximum atomic E-state index is 13.3. The molecule has 2 heterocycles. The third kappa shape index (κ3) is 4.47. The first kappa shape index (κ1) is 22.8. The molecule has 2 N–H and O–H groups in total. The molecular weight excluding hydrogens is 478 g/mol. The first-order valence-electron chi connectivity index (χ1n) is 12.0. The summed E-state index contributed by atoms with van der Waals surface area (Å²) in [7, 11) is -3.70. The minimum Gasteiger partial charge on any atom is -0.486 e. The third-order valence-electron chi connectivity index (χ3n) is 6.54. The van der Waals surface area contributed by atoms with E-state index in [4.69, 9.17) is 14.5 Å². The molecule has 1 fully saturated rings. The van der Waals surface area contributed by atoms with E-state index < -0.39 is 15.9 Å². The summed E-state index contributed by atoms with van der Waals surface area (Å²) in [5, 5.41) is 2.89. The lowest BCUT2D eigenvalue weighted by Crippen LogP contribution is -2.26. The van der Waals surface area contributed by atoms with E-state index in [9.17, 15) is 13.2 Å². The number of carbonyl (C=O) groups excluding carboxylic acids is 1. The van der Waals surface area contributed by atoms with Gasteiger partial charge >= 0.3 is 0 Å². The molecule has 0 bridgehead atoms. The molecule has 184 valence electrons. The van der Waals surface area contributed by atoms with Gasteiger partial charge in [-0.3, -0.25) is 9.79 Å². The highest BCUT2D eigenvalue weighted by Gasteiger charge is 2.37. The van der Waals surface area contributed by atoms with E-state index in [-0.39, 0.29) is 10.8 Å². The molecule has 1 amide bonds. The van der Waals surface area contributed by atoms with Crippen molar-refractivity contribution in [3.63, 3.8) is 0 Å². The van der Waals surface area contributed by atoms with Crippen LogP contribution in [0.15, 0.2) is 76.6 Å². The van der Waals surface area contributed by atoms with Crippen LogP contribution in [-0.4, -0.2) is 39.8 Å². The van der Waals surface area contributed by atoms with Crippen molar-refractivity contribution in [3.05, 3.63) is 77.9 Å². The van der Waals surface area contributed by atoms with E-state index in [0.717, 1.165) is 18.4 Å². The van der Waals surface area contributed by atoms with Crippen LogP contribution in [0.5, 0.6) is 11.5 Å². The number of ether oxygens (including phenoxy) is 2. The number of nitrogens with zero attached hydrogens (tertiary/aromatic N) is 1. The summed E-state index contributed by atoms with van der Waals surface area (Å²) in [4.78, 5) is 18.3. The second kappa shape index (κ2) is 9.07. The van der Waals surface area contributed by atoms with Gasteiger partial charge in [0, 0.05) is 18.3 Å². The number of fused-ring (bicyclic) bond motifs is 2. The number of sulfonamides is 1. The van der Waals surface area contributed by atoms with Crippen LogP contribution < -0.4 is 19.5 Å². The normalized spacial score (nSPS) is 19.1. The van der Waals surface area contributed by atoms with Crippen molar-refractivity contribution in [1.82, 2.24) is 4.72 Å². The Morgan fingerprint density at radius 2 is 1.75 bits per heavy atom. The lowest BCUT2D eigenvalue weighted by Gasteiger charge is -2.19. The van der Waals surface area contributed by atoms with Gasteiger partial charge in [0.05, 0.1) is 16.3 Å². The van der Waals surface area contributed by atoms with E-state index >= 15 is 0 Å². The Kier molecular flexibility index (Phi) is 5.73. The Hall–Kier alpha value is -3.69. The molecule has 2 aliphatic heterocycles. The van der Waals surface area contributed by atoms with Crippen molar-refractivity contribution in [1.29, 1.82) is 0 Å². The average Bonchev–Trinajstić information content (AvgIpc) is 3.67. The number of nitrogens with one attached hydrogen (secondary N) is 2. The van der Waals surface area contributed by atoms with Crippen molar-refractivity contribution < 1.29 is 22.7 Å². The second-order valence-electron chi connectivity index (χ2n) is 9.16. The van der Waals surface area contributed by atoms with E-state index in [1.165, 1.54) is 6.07 Å². The second-order valence-corrected chi connectivity index (χ2v) is 10.9. The molecule has 6 rings (SSSR count). The fourth-order valence-electron chi connectivity index (χ4n) is 4.46. The molecule has 1 aliphatic carbocycles. The lowest BCUT2D eigenvalue weighted by atomic mass is 9.90. The minimum atomic E-state index is -3.70. The quantitative estimate of drug-likeness (QED) is 0.474. The number of aliphatic imine (C=N–C) groups is 1. The molecule has 36 heavy (non-hydrogen) atoms. The van der Waals surface area contributed by atoms with Gasteiger partial charge in [0.2, 0.25) is 15.9 Å². The van der Waals surface area contributed by atoms with Gasteiger partial charge in [0.15, 0.2) is 11.5 Å². The van der Waals surface area contributed by atoms with Gasteiger partial charge in [-0.05, 0) is 60.2 Å². The molecule has 1 unspecified atom stereocenters. The Balaban J connectivity index is 1.42. The third-order valence-corrected chi connectivity index (χ3v) is 7.96. The van der Waals surface area contributed by atoms with Crippen LogP contribution in [-0.2, 0) is 14.8 Å². The summed E-state index contributed by atoms with van der Waals surface area (Å²) in [6.07, 6.45) is 2.09. The van der Waals surface area contributed by atoms with Gasteiger partial charge in [-0.1, -0.05) is 30.3 Å². The number of amides is 1. The Labute approximate surface area is 209 Å². The summed E-state index contributed by atoms with van der Waals surface area (Å²) in [6, 6.07) is 19.6. The number of carbonyl (C=O) groups is 1. The summed E-state index contributed by atoms with van der Waals surface area (Å²) in [6.45, 7) is 1.38. The SMILES string of the molecule is O=C1Nc2ccc(S(=O)(=O)NCC3CC3)cc2C1C(=Nc1ccc2c(c1)OCCO2)c1ccccc1. The van der Waals surface area contributed by atoms with Crippen LogP contribution in [0.1, 0.15) is 29.9 Å². The summed E-state index contributed by atoms with van der Waals surface area (Å²) in [5.41, 5.74) is 3.05. The molecule has 3 aromatic rings. The van der Waals surface area contributed by atoms with Crippen molar-refractivity contribution >= 4 is 33.0 Å². The highest BCUT2D eigenvalue weighted by Crippen LogP contribution is 2.39. The van der Waals surface area contributed by atoms with Crippen molar-refractivity contribution in [2.75, 3.05) is 25.1 Å². The molecule has 9 heteroatoms. The van der Waals surface area contributed by atoms with Crippen molar-refractivity contribution in [2.45, 2.75) is 23.7 Å². The van der Waals surface area contributed by atoms with Crippen LogP contribution >= 0.6 is 0 Å². The average molecular weight is 504 g/mol. The van der Waals surface area contributed by atoms with Crippen LogP contribution in [0.3, 0.4) is 0 Å². The van der Waals surface area contributed by atoms with Gasteiger partial charge in [0.1, 0.15) is 19.1 Å². The maximum Gasteiger partial charge on any atom is 0.240 e. The first-order valence-corrected chi connectivity index (χ1v) is 13.4. The molecule has 1 saturated carbocycles. The number of hydrogen-bond donors (Lipinski definition) is 2. The zero-order valence-corrected chi connectivity index (χ0v) is 20.3. The van der Waals surface area contributed by atoms with E-state index in [0.29, 0.717) is 59.8 Å². The predicted molar refractivity (Wildman–Crippen MR) is 136 cm³/mol. The zero-order valence-electron chi connectivity index (χ0n) is 19.4. The lowest BCUT2D eigenvalue weighted by molar-refractivity contribution is -0.115. The number of benzene rings is 3. The minimum absolute atomic E-state index is 0.134. The number of rotatable bonds is 7. The summed E-state index contributed by atoms with van der Waals surface area (Å²) < 4.78 is 39.9. The topological polar surface area (TPSA) is 106 Å². The molecule has 0 saturated heterocycles. The standard InChI is InChI=1S/C27H25N3O5S/c31-27-25(21-15-20(9-10-22(21)30-27)36(32,33)28-16-17-6-7-17)26(18-4-2-1-3-5-18)29-19-8-11-23-24(14-19)35-13-12-34-23/h1-5,8-11,14-15,17,25,28H,6-7,12-13,16H2,(H,30,31). The first-order chi connectivity index (χ1) is 17.5. The van der Waals surface area contributed by atoms with Gasteiger partial charge in [0.25, 0.3) is 0 Å². The molecule has 0 radical (unpaired) electrons. The van der Waals surface area contributed by atoms with Crippen LogP contribution in [0.2, 0.25) is 0 Å². The van der Waals surface area contributed by atoms with Gasteiger partial charge < -0.3 is 14.8 Å². The van der Waals surface area contributed by atoms with E-state index in [2.05, 4.69) is 10.0 Å². The van der Waals surface area contributed by atoms with E-state index in [1.54, 1.807) is 24.3 Å². The van der Waals surface area contributed by atoms with Gasteiger partial charge in [-0.2, -0.15) is 0 Å². The fourth-order valence-corrected chi connectivity index (χ4v) is 5.61. The highest BCUT2D eigenvalue weighted by molar-refractivity contribution is 7.89. The van der Waals surface area contributed by atoms with E-state index in [1.807, 2.05) is 36.4 Å². The number of anilines is 1. The monoisotopic (exact) mass is 503 g/mol. The molecule has 3 aliphatic rings. The zero-order chi connectivity index (χ0) is 24.7.